The average Bonchev–Trinajstić information content (AvgIpc) is 3.12. The smallest absolute Gasteiger partial charge is 0.241 e. The maximum Gasteiger partial charge on any atom is 0.241 e. The van der Waals surface area contributed by atoms with E-state index in [4.69, 9.17) is 5.73 Å². The molecule has 0 unspecified atom stereocenters. The summed E-state index contributed by atoms with van der Waals surface area (Å²) in [7, 11) is 0. The quantitative estimate of drug-likeness (QED) is 0.795. The predicted octanol–water partition coefficient (Wildman–Crippen LogP) is 1.97. The number of rotatable bonds is 6. The first-order chi connectivity index (χ1) is 12.7. The van der Waals surface area contributed by atoms with Crippen molar-refractivity contribution >= 4 is 24.2 Å². The highest BCUT2D eigenvalue weighted by atomic mass is 35.5. The summed E-state index contributed by atoms with van der Waals surface area (Å²) in [6.45, 7) is 1.87. The Morgan fingerprint density at radius 1 is 1.00 bits per heavy atom. The highest BCUT2D eigenvalue weighted by Gasteiger charge is 2.35. The molecule has 6 heteroatoms. The molecule has 144 valence electrons. The van der Waals surface area contributed by atoms with Crippen LogP contribution in [0.2, 0.25) is 0 Å². The van der Waals surface area contributed by atoms with Crippen LogP contribution in [0, 0.1) is 5.92 Å². The number of hydrogen-bond donors (Lipinski definition) is 2. The van der Waals surface area contributed by atoms with Gasteiger partial charge in [-0.05, 0) is 23.6 Å². The standard InChI is InChI=1S/C21H25N3O2.ClH/c22-12-18-14-24(15-19(18)17-9-5-2-6-10-17)21(26)13-23-20(25)11-16-7-3-1-4-8-16;/h1-10,18-19H,11-15,22H2,(H,23,25);1H/t18-,19+;/m1./s1. The fraction of sp³-hybridized carbons (Fsp3) is 0.333. The molecule has 0 bridgehead atoms. The Bertz CT molecular complexity index is 740. The minimum Gasteiger partial charge on any atom is -0.347 e. The van der Waals surface area contributed by atoms with Crippen molar-refractivity contribution in [2.45, 2.75) is 12.3 Å². The number of amides is 2. The Hall–Kier alpha value is -2.37. The van der Waals surface area contributed by atoms with Crippen molar-refractivity contribution in [1.82, 2.24) is 10.2 Å². The predicted molar refractivity (Wildman–Crippen MR) is 109 cm³/mol. The van der Waals surface area contributed by atoms with Crippen molar-refractivity contribution in [3.05, 3.63) is 71.8 Å². The highest BCUT2D eigenvalue weighted by Crippen LogP contribution is 2.31. The van der Waals surface area contributed by atoms with Crippen LogP contribution in [0.4, 0.5) is 0 Å². The summed E-state index contributed by atoms with van der Waals surface area (Å²) in [5.41, 5.74) is 8.07. The average molecular weight is 388 g/mol. The molecule has 5 nitrogen and oxygen atoms in total. The van der Waals surface area contributed by atoms with Crippen LogP contribution in [0.3, 0.4) is 0 Å². The maximum absolute atomic E-state index is 12.5. The van der Waals surface area contributed by atoms with E-state index in [1.54, 1.807) is 0 Å². The van der Waals surface area contributed by atoms with Gasteiger partial charge in [0.2, 0.25) is 11.8 Å². The number of hydrogen-bond acceptors (Lipinski definition) is 3. The minimum atomic E-state index is -0.140. The van der Waals surface area contributed by atoms with Crippen LogP contribution in [0.25, 0.3) is 0 Å². The van der Waals surface area contributed by atoms with Gasteiger partial charge in [-0.1, -0.05) is 60.7 Å². The zero-order valence-electron chi connectivity index (χ0n) is 15.2. The molecule has 1 aliphatic heterocycles. The van der Waals surface area contributed by atoms with Gasteiger partial charge in [0.05, 0.1) is 13.0 Å². The summed E-state index contributed by atoms with van der Waals surface area (Å²) in [4.78, 5) is 26.4. The van der Waals surface area contributed by atoms with Crippen molar-refractivity contribution in [2.75, 3.05) is 26.2 Å². The van der Waals surface area contributed by atoms with Gasteiger partial charge in [-0.2, -0.15) is 0 Å². The fourth-order valence-corrected chi connectivity index (χ4v) is 3.52. The number of nitrogens with one attached hydrogen (secondary N) is 1. The van der Waals surface area contributed by atoms with Crippen molar-refractivity contribution in [2.24, 2.45) is 11.7 Å². The van der Waals surface area contributed by atoms with Gasteiger partial charge < -0.3 is 16.0 Å². The van der Waals surface area contributed by atoms with E-state index in [2.05, 4.69) is 17.4 Å². The molecule has 2 atom stereocenters. The SMILES string of the molecule is Cl.NC[C@@H]1CN(C(=O)CNC(=O)Cc2ccccc2)C[C@H]1c1ccccc1. The van der Waals surface area contributed by atoms with Gasteiger partial charge in [-0.15, -0.1) is 12.4 Å². The molecule has 2 aromatic carbocycles. The molecule has 0 spiro atoms. The first kappa shape index (κ1) is 20.9. The summed E-state index contributed by atoms with van der Waals surface area (Å²) in [5, 5.41) is 2.73. The third-order valence-corrected chi connectivity index (χ3v) is 4.97. The number of likely N-dealkylation sites (tertiary alicyclic amines) is 1. The highest BCUT2D eigenvalue weighted by molar-refractivity contribution is 5.86. The topological polar surface area (TPSA) is 75.4 Å². The summed E-state index contributed by atoms with van der Waals surface area (Å²) in [5.74, 6) is 0.313. The summed E-state index contributed by atoms with van der Waals surface area (Å²) in [6, 6.07) is 19.7. The Balaban J connectivity index is 0.00000261. The van der Waals surface area contributed by atoms with Gasteiger partial charge in [0.25, 0.3) is 0 Å². The largest absolute Gasteiger partial charge is 0.347 e. The van der Waals surface area contributed by atoms with Crippen LogP contribution in [-0.2, 0) is 16.0 Å². The molecule has 2 aromatic rings. The zero-order valence-corrected chi connectivity index (χ0v) is 16.0. The van der Waals surface area contributed by atoms with Crippen LogP contribution in [-0.4, -0.2) is 42.9 Å². The first-order valence-electron chi connectivity index (χ1n) is 9.00. The molecular formula is C21H26ClN3O2. The Morgan fingerprint density at radius 3 is 2.26 bits per heavy atom. The van der Waals surface area contributed by atoms with Crippen LogP contribution < -0.4 is 11.1 Å². The van der Waals surface area contributed by atoms with E-state index in [1.807, 2.05) is 53.4 Å². The number of halogens is 1. The number of nitrogens with two attached hydrogens (primary N) is 1. The summed E-state index contributed by atoms with van der Waals surface area (Å²) < 4.78 is 0. The number of benzene rings is 2. The van der Waals surface area contributed by atoms with E-state index in [-0.39, 0.29) is 49.0 Å². The van der Waals surface area contributed by atoms with Crippen molar-refractivity contribution in [1.29, 1.82) is 0 Å². The lowest BCUT2D eigenvalue weighted by Gasteiger charge is -2.17. The van der Waals surface area contributed by atoms with Gasteiger partial charge in [-0.25, -0.2) is 0 Å². The molecule has 0 radical (unpaired) electrons. The monoisotopic (exact) mass is 387 g/mol. The molecule has 3 N–H and O–H groups in total. The molecule has 0 aliphatic carbocycles. The van der Waals surface area contributed by atoms with E-state index in [1.165, 1.54) is 5.56 Å². The van der Waals surface area contributed by atoms with Crippen LogP contribution in [0.1, 0.15) is 17.0 Å². The lowest BCUT2D eigenvalue weighted by atomic mass is 9.89. The summed E-state index contributed by atoms with van der Waals surface area (Å²) >= 11 is 0. The van der Waals surface area contributed by atoms with Crippen LogP contribution in [0.15, 0.2) is 60.7 Å². The van der Waals surface area contributed by atoms with Crippen molar-refractivity contribution in [3.8, 4) is 0 Å². The second-order valence-corrected chi connectivity index (χ2v) is 6.75. The minimum absolute atomic E-state index is 0. The van der Waals surface area contributed by atoms with Gasteiger partial charge >= 0.3 is 0 Å². The number of carbonyl (C=O) groups is 2. The molecular weight excluding hydrogens is 362 g/mol. The van der Waals surface area contributed by atoms with Crippen molar-refractivity contribution in [3.63, 3.8) is 0 Å². The molecule has 0 aromatic heterocycles. The van der Waals surface area contributed by atoms with Gasteiger partial charge in [0.1, 0.15) is 0 Å². The molecule has 1 fully saturated rings. The lowest BCUT2D eigenvalue weighted by Crippen LogP contribution is -2.39. The Morgan fingerprint density at radius 2 is 1.63 bits per heavy atom. The van der Waals surface area contributed by atoms with Gasteiger partial charge in [-0.3, -0.25) is 9.59 Å². The van der Waals surface area contributed by atoms with Gasteiger partial charge in [0.15, 0.2) is 0 Å². The third-order valence-electron chi connectivity index (χ3n) is 4.97. The summed E-state index contributed by atoms with van der Waals surface area (Å²) in [6.07, 6.45) is 0.284. The molecule has 1 aliphatic rings. The second-order valence-electron chi connectivity index (χ2n) is 6.75. The number of nitrogens with zero attached hydrogens (tertiary/aromatic N) is 1. The molecule has 1 saturated heterocycles. The first-order valence-corrected chi connectivity index (χ1v) is 9.00. The van der Waals surface area contributed by atoms with E-state index in [0.29, 0.717) is 19.6 Å². The maximum atomic E-state index is 12.5. The fourth-order valence-electron chi connectivity index (χ4n) is 3.52. The zero-order chi connectivity index (χ0) is 18.4. The number of carbonyl (C=O) groups excluding carboxylic acids is 2. The van der Waals surface area contributed by atoms with Crippen LogP contribution >= 0.6 is 12.4 Å². The molecule has 27 heavy (non-hydrogen) atoms. The molecule has 0 saturated carbocycles. The molecule has 2 amide bonds. The van der Waals surface area contributed by atoms with Crippen molar-refractivity contribution < 1.29 is 9.59 Å². The molecule has 3 rings (SSSR count). The Labute approximate surface area is 166 Å². The van der Waals surface area contributed by atoms with E-state index in [0.717, 1.165) is 5.56 Å². The second kappa shape index (κ2) is 10.1. The van der Waals surface area contributed by atoms with E-state index < -0.39 is 0 Å². The Kier molecular flexibility index (Phi) is 7.82. The van der Waals surface area contributed by atoms with Crippen LogP contribution in [0.5, 0.6) is 0 Å². The van der Waals surface area contributed by atoms with Gasteiger partial charge in [0, 0.05) is 19.0 Å². The van der Waals surface area contributed by atoms with E-state index in [9.17, 15) is 9.59 Å². The third kappa shape index (κ3) is 5.55. The van der Waals surface area contributed by atoms with E-state index >= 15 is 0 Å². The lowest BCUT2D eigenvalue weighted by molar-refractivity contribution is -0.132. The molecule has 1 heterocycles. The normalized spacial score (nSPS) is 18.6.